The number of nitrogens with one attached hydrogen (secondary N) is 4. The molecule has 4 N–H and O–H groups in total. The lowest BCUT2D eigenvalue weighted by Crippen LogP contribution is -1.47. The highest BCUT2D eigenvalue weighted by molar-refractivity contribution is 4.12. The van der Waals surface area contributed by atoms with Crippen molar-refractivity contribution in [3.63, 3.8) is 0 Å². The van der Waals surface area contributed by atoms with Gasteiger partial charge in [-0.25, -0.2) is 0 Å². The molecule has 6 heteroatoms. The maximum Gasteiger partial charge on any atom is 0.211 e. The fourth-order valence-corrected chi connectivity index (χ4v) is 0. The second-order valence-electron chi connectivity index (χ2n) is 1.22. The summed E-state index contributed by atoms with van der Waals surface area (Å²) < 4.78 is 0. The van der Waals surface area contributed by atoms with E-state index in [0.29, 0.717) is 0 Å². The zero-order chi connectivity index (χ0) is 8.83. The van der Waals surface area contributed by atoms with Crippen molar-refractivity contribution in [2.45, 2.75) is 26.7 Å². The van der Waals surface area contributed by atoms with E-state index in [1.807, 2.05) is 9.82 Å². The molecule has 6 nitrogen and oxygen atoms in total. The molecule has 0 aliphatic heterocycles. The van der Waals surface area contributed by atoms with Crippen LogP contribution in [0.4, 0.5) is 0 Å². The first-order valence-corrected chi connectivity index (χ1v) is 2.81. The molecule has 0 rings (SSSR count). The van der Waals surface area contributed by atoms with Crippen molar-refractivity contribution in [2.24, 2.45) is 0 Å². The average Bonchev–Trinajstić information content (AvgIpc) is 1.91. The SMILES string of the molecule is CCCC.N=[N+]=N.N=[N+]=N. The molecular weight excluding hydrogens is 132 g/mol. The fraction of sp³-hybridized carbons (Fsp3) is 1.00. The highest BCUT2D eigenvalue weighted by atomic mass is 15.0. The van der Waals surface area contributed by atoms with E-state index in [0.717, 1.165) is 0 Å². The second-order valence-corrected chi connectivity index (χ2v) is 1.22. The molecule has 10 heavy (non-hydrogen) atoms. The van der Waals surface area contributed by atoms with Crippen LogP contribution in [0.3, 0.4) is 0 Å². The summed E-state index contributed by atoms with van der Waals surface area (Å²) in [6.45, 7) is 4.36. The molecule has 0 aromatic carbocycles. The van der Waals surface area contributed by atoms with Crippen LogP contribution in [-0.4, -0.2) is 0 Å². The predicted molar refractivity (Wildman–Crippen MR) is 35.7 cm³/mol. The molecule has 0 saturated heterocycles. The number of nitrogens with zero attached hydrogens (tertiary/aromatic N) is 2. The molecule has 0 aliphatic carbocycles. The van der Waals surface area contributed by atoms with Gasteiger partial charge in [0.1, 0.15) is 22.1 Å². The Labute approximate surface area is 59.7 Å². The molecular formula is C4H14N6+2. The number of hydrogen-bond donors (Lipinski definition) is 4. The molecule has 0 heterocycles. The third-order valence-electron chi connectivity index (χ3n) is 0.500. The number of hydrogen-bond acceptors (Lipinski definition) is 4. The van der Waals surface area contributed by atoms with Crippen LogP contribution >= 0.6 is 0 Å². The zero-order valence-electron chi connectivity index (χ0n) is 6.31. The summed E-state index contributed by atoms with van der Waals surface area (Å²) in [5.74, 6) is 0. The van der Waals surface area contributed by atoms with Gasteiger partial charge in [-0.3, -0.25) is 0 Å². The molecule has 0 aliphatic rings. The first kappa shape index (κ1) is 15.8. The Hall–Kier alpha value is -1.38. The maximum atomic E-state index is 5.50. The minimum Gasteiger partial charge on any atom is -0.0654 e. The molecule has 0 spiro atoms. The van der Waals surface area contributed by atoms with Crippen molar-refractivity contribution in [1.29, 1.82) is 22.1 Å². The third-order valence-corrected chi connectivity index (χ3v) is 0.500. The summed E-state index contributed by atoms with van der Waals surface area (Å²) in [5, 5.41) is 0. The number of unbranched alkanes of at least 4 members (excludes halogenated alkanes) is 1. The van der Waals surface area contributed by atoms with E-state index in [4.69, 9.17) is 22.1 Å². The van der Waals surface area contributed by atoms with E-state index in [1.165, 1.54) is 12.8 Å². The van der Waals surface area contributed by atoms with Crippen LogP contribution in [0.5, 0.6) is 0 Å². The van der Waals surface area contributed by atoms with Crippen molar-refractivity contribution in [3.8, 4) is 0 Å². The highest BCUT2D eigenvalue weighted by Crippen LogP contribution is 1.76. The minimum atomic E-state index is 1.32. The van der Waals surface area contributed by atoms with Crippen molar-refractivity contribution in [1.82, 2.24) is 9.82 Å². The molecule has 58 valence electrons. The summed E-state index contributed by atoms with van der Waals surface area (Å²) in [7, 11) is 0. The van der Waals surface area contributed by atoms with Crippen LogP contribution < -0.4 is 9.82 Å². The van der Waals surface area contributed by atoms with Crippen LogP contribution in [0.25, 0.3) is 0 Å². The fourth-order valence-electron chi connectivity index (χ4n) is 0. The van der Waals surface area contributed by atoms with Gasteiger partial charge in [0.15, 0.2) is 0 Å². The summed E-state index contributed by atoms with van der Waals surface area (Å²) in [6.07, 6.45) is 2.64. The normalized spacial score (nSPS) is 4.60. The van der Waals surface area contributed by atoms with Gasteiger partial charge in [-0.15, -0.1) is 0 Å². The van der Waals surface area contributed by atoms with Crippen LogP contribution in [0.2, 0.25) is 0 Å². The quantitative estimate of drug-likeness (QED) is 0.319. The van der Waals surface area contributed by atoms with Gasteiger partial charge < -0.3 is 0 Å². The molecule has 0 radical (unpaired) electrons. The molecule has 0 amide bonds. The topological polar surface area (TPSA) is 124 Å². The van der Waals surface area contributed by atoms with E-state index >= 15 is 0 Å². The smallest absolute Gasteiger partial charge is 0.0654 e. The summed E-state index contributed by atoms with van der Waals surface area (Å²) in [6, 6.07) is 0. The Morgan fingerprint density at radius 3 is 0.900 bits per heavy atom. The van der Waals surface area contributed by atoms with Crippen LogP contribution in [0.15, 0.2) is 0 Å². The Balaban J connectivity index is -0.0000000750. The molecule has 0 unspecified atom stereocenters. The number of rotatable bonds is 1. The van der Waals surface area contributed by atoms with E-state index in [-0.39, 0.29) is 0 Å². The van der Waals surface area contributed by atoms with Gasteiger partial charge >= 0.3 is 0 Å². The summed E-state index contributed by atoms with van der Waals surface area (Å²) in [5.41, 5.74) is 22.0. The van der Waals surface area contributed by atoms with Gasteiger partial charge in [0, 0.05) is 0 Å². The second kappa shape index (κ2) is 48.6. The first-order valence-electron chi connectivity index (χ1n) is 2.81. The standard InChI is InChI=1S/C4H10.2H2N3/c1-3-4-2;2*1-3-2/h3-4H2,1-2H3;2*1-2H/q;2*+1. The third kappa shape index (κ3) is 1450. The van der Waals surface area contributed by atoms with Crippen molar-refractivity contribution in [2.75, 3.05) is 0 Å². The van der Waals surface area contributed by atoms with Crippen LogP contribution in [0.1, 0.15) is 26.7 Å². The Bertz CT molecular complexity index is 82.3. The van der Waals surface area contributed by atoms with Crippen molar-refractivity contribution < 1.29 is 0 Å². The van der Waals surface area contributed by atoms with Gasteiger partial charge in [-0.1, -0.05) is 26.7 Å². The Morgan fingerprint density at radius 2 is 0.900 bits per heavy atom. The maximum absolute atomic E-state index is 5.50. The lowest BCUT2D eigenvalue weighted by atomic mass is 10.4. The Morgan fingerprint density at radius 1 is 0.800 bits per heavy atom. The Kier molecular flexibility index (Phi) is 77.1. The van der Waals surface area contributed by atoms with Gasteiger partial charge in [-0.2, -0.15) is 0 Å². The lowest BCUT2D eigenvalue weighted by molar-refractivity contribution is 0.886. The molecule has 0 saturated carbocycles. The van der Waals surface area contributed by atoms with Crippen LogP contribution in [-0.2, 0) is 0 Å². The highest BCUT2D eigenvalue weighted by Gasteiger charge is 1.56. The van der Waals surface area contributed by atoms with Crippen LogP contribution in [0, 0.1) is 22.1 Å². The predicted octanol–water partition coefficient (Wildman–Crippen LogP) is 2.04. The van der Waals surface area contributed by atoms with Crippen molar-refractivity contribution in [3.05, 3.63) is 0 Å². The van der Waals surface area contributed by atoms with E-state index in [9.17, 15) is 0 Å². The zero-order valence-corrected chi connectivity index (χ0v) is 6.31. The molecule has 0 atom stereocenters. The average molecular weight is 146 g/mol. The molecule has 0 fully saturated rings. The first-order chi connectivity index (χ1) is 4.74. The summed E-state index contributed by atoms with van der Waals surface area (Å²) >= 11 is 0. The lowest BCUT2D eigenvalue weighted by Gasteiger charge is -1.68. The minimum absolute atomic E-state index is 1.32. The van der Waals surface area contributed by atoms with Gasteiger partial charge in [-0.05, 0) is 0 Å². The summed E-state index contributed by atoms with van der Waals surface area (Å²) in [4.78, 5) is 4.00. The molecule has 0 aromatic heterocycles. The molecule has 0 aromatic rings. The van der Waals surface area contributed by atoms with Crippen molar-refractivity contribution >= 4 is 0 Å². The van der Waals surface area contributed by atoms with E-state index in [1.54, 1.807) is 0 Å². The van der Waals surface area contributed by atoms with Gasteiger partial charge in [0.25, 0.3) is 0 Å². The largest absolute Gasteiger partial charge is 0.211 e. The monoisotopic (exact) mass is 146 g/mol. The van der Waals surface area contributed by atoms with E-state index < -0.39 is 0 Å². The van der Waals surface area contributed by atoms with Gasteiger partial charge in [0.2, 0.25) is 9.82 Å². The molecule has 0 bridgehead atoms. The van der Waals surface area contributed by atoms with Gasteiger partial charge in [0.05, 0.1) is 0 Å². The van der Waals surface area contributed by atoms with E-state index in [2.05, 4.69) is 13.8 Å².